The lowest BCUT2D eigenvalue weighted by Crippen LogP contribution is -2.35. The molecule has 2 amide bonds. The van der Waals surface area contributed by atoms with Crippen molar-refractivity contribution < 1.29 is 14.7 Å². The van der Waals surface area contributed by atoms with Crippen LogP contribution >= 0.6 is 11.3 Å². The Balaban J connectivity index is 1.94. The summed E-state index contributed by atoms with van der Waals surface area (Å²) in [6.07, 6.45) is 0.350. The zero-order chi connectivity index (χ0) is 16.8. The minimum atomic E-state index is -1.16. The van der Waals surface area contributed by atoms with Gasteiger partial charge in [-0.25, -0.2) is 20.6 Å². The second-order valence-corrected chi connectivity index (χ2v) is 5.91. The monoisotopic (exact) mass is 334 g/mol. The van der Waals surface area contributed by atoms with Crippen LogP contribution in [0.1, 0.15) is 23.7 Å². The highest BCUT2D eigenvalue weighted by atomic mass is 32.1. The van der Waals surface area contributed by atoms with E-state index in [1.54, 1.807) is 0 Å². The third kappa shape index (κ3) is 5.35. The highest BCUT2D eigenvalue weighted by Gasteiger charge is 2.08. The van der Waals surface area contributed by atoms with Gasteiger partial charge >= 0.3 is 6.09 Å². The summed E-state index contributed by atoms with van der Waals surface area (Å²) in [5, 5.41) is 14.7. The van der Waals surface area contributed by atoms with Crippen LogP contribution in [0.5, 0.6) is 0 Å². The van der Waals surface area contributed by atoms with Crippen LogP contribution in [0.2, 0.25) is 0 Å². The van der Waals surface area contributed by atoms with E-state index in [9.17, 15) is 9.59 Å². The van der Waals surface area contributed by atoms with Crippen LogP contribution in [0.4, 0.5) is 9.93 Å². The Kier molecular flexibility index (Phi) is 5.67. The number of hydrazine groups is 1. The van der Waals surface area contributed by atoms with E-state index in [0.717, 1.165) is 34.7 Å². The maximum atomic E-state index is 11.0. The molecule has 0 radical (unpaired) electrons. The number of aromatic nitrogens is 1. The van der Waals surface area contributed by atoms with Crippen molar-refractivity contribution in [2.24, 2.45) is 5.84 Å². The third-order valence-corrected chi connectivity index (χ3v) is 3.90. The van der Waals surface area contributed by atoms with Crippen LogP contribution in [0.3, 0.4) is 0 Å². The number of anilines is 1. The summed E-state index contributed by atoms with van der Waals surface area (Å²) in [6.45, 7) is 1.59. The number of carboxylic acid groups (broad SMARTS) is 1. The standard InChI is InChI=1S/C15H18N4O3S/c1-10(20)17-14-18-13(9-23-14)6-5-11-3-2-4-12(7-11)8-19(16)15(21)22/h2-4,7,9H,5-6,8,16H2,1H3,(H,21,22)(H,17,18,20). The summed E-state index contributed by atoms with van der Waals surface area (Å²) in [5.41, 5.74) is 2.83. The average Bonchev–Trinajstić information content (AvgIpc) is 2.92. The van der Waals surface area contributed by atoms with Gasteiger partial charge in [-0.2, -0.15) is 0 Å². The van der Waals surface area contributed by atoms with Crippen molar-refractivity contribution in [2.75, 3.05) is 5.32 Å². The molecule has 2 rings (SSSR count). The summed E-state index contributed by atoms with van der Waals surface area (Å²) in [5.74, 6) is 5.26. The molecule has 0 unspecified atom stereocenters. The summed E-state index contributed by atoms with van der Waals surface area (Å²) in [7, 11) is 0. The van der Waals surface area contributed by atoms with Crippen molar-refractivity contribution in [3.8, 4) is 0 Å². The second-order valence-electron chi connectivity index (χ2n) is 5.06. The predicted octanol–water partition coefficient (Wildman–Crippen LogP) is 2.24. The van der Waals surface area contributed by atoms with Gasteiger partial charge in [0.2, 0.25) is 5.91 Å². The molecule has 122 valence electrons. The minimum Gasteiger partial charge on any atom is -0.464 e. The topological polar surface area (TPSA) is 109 Å². The highest BCUT2D eigenvalue weighted by Crippen LogP contribution is 2.17. The largest absolute Gasteiger partial charge is 0.464 e. The van der Waals surface area contributed by atoms with E-state index in [-0.39, 0.29) is 12.5 Å². The van der Waals surface area contributed by atoms with E-state index in [0.29, 0.717) is 5.13 Å². The van der Waals surface area contributed by atoms with Crippen molar-refractivity contribution in [3.63, 3.8) is 0 Å². The Morgan fingerprint density at radius 3 is 2.78 bits per heavy atom. The molecule has 0 fully saturated rings. The van der Waals surface area contributed by atoms with Crippen molar-refractivity contribution in [1.29, 1.82) is 0 Å². The van der Waals surface area contributed by atoms with E-state index in [2.05, 4.69) is 10.3 Å². The van der Waals surface area contributed by atoms with Gasteiger partial charge in [0.15, 0.2) is 5.13 Å². The molecule has 0 bridgehead atoms. The number of benzene rings is 1. The van der Waals surface area contributed by atoms with Crippen LogP contribution in [0.25, 0.3) is 0 Å². The zero-order valence-corrected chi connectivity index (χ0v) is 13.5. The number of nitrogens with two attached hydrogens (primary N) is 1. The van der Waals surface area contributed by atoms with Gasteiger partial charge < -0.3 is 10.4 Å². The van der Waals surface area contributed by atoms with Gasteiger partial charge in [-0.15, -0.1) is 11.3 Å². The smallest absolute Gasteiger partial charge is 0.421 e. The molecule has 1 heterocycles. The van der Waals surface area contributed by atoms with Crippen LogP contribution in [-0.2, 0) is 24.2 Å². The van der Waals surface area contributed by atoms with E-state index < -0.39 is 6.09 Å². The Morgan fingerprint density at radius 1 is 1.35 bits per heavy atom. The highest BCUT2D eigenvalue weighted by molar-refractivity contribution is 7.13. The first kappa shape index (κ1) is 16.9. The lowest BCUT2D eigenvalue weighted by molar-refractivity contribution is -0.114. The van der Waals surface area contributed by atoms with E-state index in [1.807, 2.05) is 29.6 Å². The fraction of sp³-hybridized carbons (Fsp3) is 0.267. The number of carbonyl (C=O) groups excluding carboxylic acids is 1. The van der Waals surface area contributed by atoms with Crippen molar-refractivity contribution in [3.05, 3.63) is 46.5 Å². The average molecular weight is 334 g/mol. The number of nitrogens with one attached hydrogen (secondary N) is 1. The zero-order valence-electron chi connectivity index (χ0n) is 12.7. The number of carbonyl (C=O) groups is 2. The number of aryl methyl sites for hydroxylation is 2. The Bertz CT molecular complexity index is 702. The Labute approximate surface area is 137 Å². The van der Waals surface area contributed by atoms with Crippen molar-refractivity contribution >= 4 is 28.5 Å². The number of hydrogen-bond acceptors (Lipinski definition) is 5. The van der Waals surface area contributed by atoms with Gasteiger partial charge in [0.1, 0.15) is 0 Å². The summed E-state index contributed by atoms with van der Waals surface area (Å²) >= 11 is 1.40. The predicted molar refractivity (Wildman–Crippen MR) is 88.0 cm³/mol. The number of nitrogens with zero attached hydrogens (tertiary/aromatic N) is 2. The van der Waals surface area contributed by atoms with Crippen LogP contribution in [0.15, 0.2) is 29.6 Å². The number of amides is 2. The molecule has 0 saturated heterocycles. The van der Waals surface area contributed by atoms with Crippen LogP contribution in [-0.4, -0.2) is 27.1 Å². The lowest BCUT2D eigenvalue weighted by Gasteiger charge is -2.13. The van der Waals surface area contributed by atoms with Gasteiger partial charge in [-0.05, 0) is 24.0 Å². The summed E-state index contributed by atoms with van der Waals surface area (Å²) in [4.78, 5) is 26.1. The molecule has 0 aliphatic rings. The minimum absolute atomic E-state index is 0.136. The first-order chi connectivity index (χ1) is 10.9. The van der Waals surface area contributed by atoms with Gasteiger partial charge in [-0.1, -0.05) is 24.3 Å². The third-order valence-electron chi connectivity index (χ3n) is 3.09. The quantitative estimate of drug-likeness (QED) is 0.426. The van der Waals surface area contributed by atoms with Crippen LogP contribution in [0, 0.1) is 0 Å². The number of thiazole rings is 1. The molecule has 7 nitrogen and oxygen atoms in total. The summed E-state index contributed by atoms with van der Waals surface area (Å²) < 4.78 is 0. The fourth-order valence-corrected chi connectivity index (χ4v) is 2.84. The number of rotatable bonds is 6. The summed E-state index contributed by atoms with van der Waals surface area (Å²) in [6, 6.07) is 7.63. The molecule has 2 aromatic rings. The molecule has 1 aromatic heterocycles. The fourth-order valence-electron chi connectivity index (χ4n) is 2.05. The first-order valence-corrected chi connectivity index (χ1v) is 7.87. The maximum Gasteiger partial charge on any atom is 0.421 e. The van der Waals surface area contributed by atoms with Crippen molar-refractivity contribution in [1.82, 2.24) is 9.99 Å². The van der Waals surface area contributed by atoms with Gasteiger partial charge in [0, 0.05) is 12.3 Å². The van der Waals surface area contributed by atoms with Gasteiger partial charge in [0.05, 0.1) is 12.2 Å². The molecular formula is C15H18N4O3S. The van der Waals surface area contributed by atoms with E-state index >= 15 is 0 Å². The SMILES string of the molecule is CC(=O)Nc1nc(CCc2cccc(CN(N)C(=O)O)c2)cs1. The van der Waals surface area contributed by atoms with Crippen molar-refractivity contribution in [2.45, 2.75) is 26.3 Å². The molecule has 0 aliphatic carbocycles. The normalized spacial score (nSPS) is 10.3. The maximum absolute atomic E-state index is 11.0. The first-order valence-electron chi connectivity index (χ1n) is 6.99. The molecule has 0 saturated carbocycles. The lowest BCUT2D eigenvalue weighted by atomic mass is 10.1. The molecule has 23 heavy (non-hydrogen) atoms. The Morgan fingerprint density at radius 2 is 2.09 bits per heavy atom. The molecule has 0 atom stereocenters. The Hall–Kier alpha value is -2.45. The van der Waals surface area contributed by atoms with Crippen LogP contribution < -0.4 is 11.2 Å². The van der Waals surface area contributed by atoms with E-state index in [1.165, 1.54) is 18.3 Å². The van der Waals surface area contributed by atoms with Gasteiger partial charge in [0.25, 0.3) is 0 Å². The molecular weight excluding hydrogens is 316 g/mol. The second kappa shape index (κ2) is 7.70. The van der Waals surface area contributed by atoms with E-state index in [4.69, 9.17) is 10.9 Å². The molecule has 0 aliphatic heterocycles. The molecule has 8 heteroatoms. The molecule has 4 N–H and O–H groups in total. The molecule has 1 aromatic carbocycles. The number of hydrogen-bond donors (Lipinski definition) is 3. The van der Waals surface area contributed by atoms with Gasteiger partial charge in [-0.3, -0.25) is 4.79 Å². The molecule has 0 spiro atoms.